The SMILES string of the molecule is COCCOC1CC(CO)CN(S(=O)(=O)c2ccccc2F)C1. The highest BCUT2D eigenvalue weighted by atomic mass is 32.2. The summed E-state index contributed by atoms with van der Waals surface area (Å²) in [5.41, 5.74) is 0. The fraction of sp³-hybridized carbons (Fsp3) is 0.600. The molecule has 0 radical (unpaired) electrons. The second kappa shape index (κ2) is 8.16. The van der Waals surface area contributed by atoms with E-state index >= 15 is 0 Å². The summed E-state index contributed by atoms with van der Waals surface area (Å²) in [4.78, 5) is -0.353. The van der Waals surface area contributed by atoms with Crippen LogP contribution in [0, 0.1) is 11.7 Å². The minimum Gasteiger partial charge on any atom is -0.396 e. The van der Waals surface area contributed by atoms with Crippen LogP contribution in [-0.4, -0.2) is 64.0 Å². The first kappa shape index (κ1) is 18.3. The molecule has 2 unspecified atom stereocenters. The normalized spacial score (nSPS) is 23.1. The zero-order valence-electron chi connectivity index (χ0n) is 13.0. The molecule has 1 saturated heterocycles. The lowest BCUT2D eigenvalue weighted by molar-refractivity contribution is -0.0265. The van der Waals surface area contributed by atoms with Crippen LogP contribution in [0.2, 0.25) is 0 Å². The number of halogens is 1. The summed E-state index contributed by atoms with van der Waals surface area (Å²) in [7, 11) is -2.41. The van der Waals surface area contributed by atoms with Crippen LogP contribution in [0.5, 0.6) is 0 Å². The van der Waals surface area contributed by atoms with Gasteiger partial charge in [-0.05, 0) is 24.5 Å². The maximum absolute atomic E-state index is 13.9. The molecule has 1 aliphatic heterocycles. The Hall–Kier alpha value is -1.06. The van der Waals surface area contributed by atoms with Crippen molar-refractivity contribution in [1.82, 2.24) is 4.31 Å². The predicted octanol–water partition coefficient (Wildman–Crippen LogP) is 0.860. The molecule has 1 N–H and O–H groups in total. The maximum Gasteiger partial charge on any atom is 0.246 e. The van der Waals surface area contributed by atoms with E-state index in [1.165, 1.54) is 22.5 Å². The quantitative estimate of drug-likeness (QED) is 0.741. The molecule has 0 amide bonds. The van der Waals surface area contributed by atoms with Crippen molar-refractivity contribution >= 4 is 10.0 Å². The first-order valence-corrected chi connectivity index (χ1v) is 8.89. The predicted molar refractivity (Wildman–Crippen MR) is 82.0 cm³/mol. The van der Waals surface area contributed by atoms with Crippen LogP contribution in [0.25, 0.3) is 0 Å². The number of methoxy groups -OCH3 is 1. The zero-order chi connectivity index (χ0) is 16.9. The smallest absolute Gasteiger partial charge is 0.246 e. The molecule has 0 aromatic heterocycles. The molecule has 1 aliphatic rings. The molecule has 2 atom stereocenters. The second-order valence-electron chi connectivity index (χ2n) is 5.52. The van der Waals surface area contributed by atoms with E-state index in [2.05, 4.69) is 0 Å². The molecule has 0 bridgehead atoms. The number of aliphatic hydroxyl groups is 1. The molecule has 1 aromatic carbocycles. The van der Waals surface area contributed by atoms with Crippen LogP contribution in [0.3, 0.4) is 0 Å². The van der Waals surface area contributed by atoms with Crippen molar-refractivity contribution in [2.24, 2.45) is 5.92 Å². The second-order valence-corrected chi connectivity index (χ2v) is 7.43. The van der Waals surface area contributed by atoms with Crippen LogP contribution in [0.4, 0.5) is 4.39 Å². The summed E-state index contributed by atoms with van der Waals surface area (Å²) in [5, 5.41) is 9.41. The van der Waals surface area contributed by atoms with E-state index in [1.54, 1.807) is 7.11 Å². The Morgan fingerprint density at radius 2 is 2.04 bits per heavy atom. The van der Waals surface area contributed by atoms with Gasteiger partial charge < -0.3 is 14.6 Å². The van der Waals surface area contributed by atoms with E-state index in [4.69, 9.17) is 9.47 Å². The van der Waals surface area contributed by atoms with Crippen LogP contribution in [-0.2, 0) is 19.5 Å². The summed E-state index contributed by atoms with van der Waals surface area (Å²) < 4.78 is 50.9. The third-order valence-electron chi connectivity index (χ3n) is 3.82. The van der Waals surface area contributed by atoms with E-state index in [-0.39, 0.29) is 36.6 Å². The van der Waals surface area contributed by atoms with E-state index in [0.717, 1.165) is 6.07 Å². The Labute approximate surface area is 135 Å². The molecule has 0 saturated carbocycles. The fourth-order valence-electron chi connectivity index (χ4n) is 2.65. The van der Waals surface area contributed by atoms with E-state index in [9.17, 15) is 17.9 Å². The Morgan fingerprint density at radius 3 is 2.70 bits per heavy atom. The van der Waals surface area contributed by atoms with Gasteiger partial charge in [0.25, 0.3) is 0 Å². The van der Waals surface area contributed by atoms with E-state index in [1.807, 2.05) is 0 Å². The van der Waals surface area contributed by atoms with Gasteiger partial charge in [0.05, 0.1) is 19.3 Å². The van der Waals surface area contributed by atoms with Gasteiger partial charge in [-0.25, -0.2) is 12.8 Å². The summed E-state index contributed by atoms with van der Waals surface area (Å²) in [6, 6.07) is 5.29. The average Bonchev–Trinajstić information content (AvgIpc) is 2.55. The zero-order valence-corrected chi connectivity index (χ0v) is 13.8. The van der Waals surface area contributed by atoms with Gasteiger partial charge in [-0.2, -0.15) is 4.31 Å². The van der Waals surface area contributed by atoms with Crippen LogP contribution < -0.4 is 0 Å². The van der Waals surface area contributed by atoms with Crippen LogP contribution >= 0.6 is 0 Å². The van der Waals surface area contributed by atoms with Gasteiger partial charge in [0.1, 0.15) is 10.7 Å². The Kier molecular flexibility index (Phi) is 6.49. The summed E-state index contributed by atoms with van der Waals surface area (Å²) in [5.74, 6) is -1.02. The number of hydrogen-bond donors (Lipinski definition) is 1. The summed E-state index contributed by atoms with van der Waals surface area (Å²) in [6.45, 7) is 0.884. The molecule has 1 aromatic rings. The summed E-state index contributed by atoms with van der Waals surface area (Å²) in [6.07, 6.45) is 0.210. The van der Waals surface area contributed by atoms with Crippen molar-refractivity contribution in [3.8, 4) is 0 Å². The highest BCUT2D eigenvalue weighted by molar-refractivity contribution is 7.89. The topological polar surface area (TPSA) is 76.1 Å². The number of piperidine rings is 1. The molecule has 1 fully saturated rings. The molecular weight excluding hydrogens is 325 g/mol. The van der Waals surface area contributed by atoms with Crippen molar-refractivity contribution < 1.29 is 27.4 Å². The molecule has 2 rings (SSSR count). The fourth-order valence-corrected chi connectivity index (χ4v) is 4.26. The number of rotatable bonds is 7. The Morgan fingerprint density at radius 1 is 1.30 bits per heavy atom. The van der Waals surface area contributed by atoms with Crippen LogP contribution in [0.1, 0.15) is 6.42 Å². The monoisotopic (exact) mass is 347 g/mol. The average molecular weight is 347 g/mol. The Bertz CT molecular complexity index is 610. The van der Waals surface area contributed by atoms with Crippen LogP contribution in [0.15, 0.2) is 29.2 Å². The molecule has 0 spiro atoms. The van der Waals surface area contributed by atoms with Gasteiger partial charge >= 0.3 is 0 Å². The highest BCUT2D eigenvalue weighted by Crippen LogP contribution is 2.26. The minimum atomic E-state index is -3.96. The molecule has 8 heteroatoms. The van der Waals surface area contributed by atoms with Gasteiger partial charge in [-0.15, -0.1) is 0 Å². The van der Waals surface area contributed by atoms with Crippen molar-refractivity contribution in [2.45, 2.75) is 17.4 Å². The van der Waals surface area contributed by atoms with Gasteiger partial charge in [0.15, 0.2) is 0 Å². The molecule has 0 aliphatic carbocycles. The lowest BCUT2D eigenvalue weighted by Crippen LogP contribution is -2.48. The highest BCUT2D eigenvalue weighted by Gasteiger charge is 2.36. The number of aliphatic hydroxyl groups excluding tert-OH is 1. The van der Waals surface area contributed by atoms with Gasteiger partial charge in [-0.1, -0.05) is 12.1 Å². The van der Waals surface area contributed by atoms with Crippen molar-refractivity contribution in [2.75, 3.05) is 40.0 Å². The Balaban J connectivity index is 2.17. The largest absolute Gasteiger partial charge is 0.396 e. The molecule has 130 valence electrons. The minimum absolute atomic E-state index is 0.136. The first-order chi connectivity index (χ1) is 11.0. The third kappa shape index (κ3) is 4.48. The van der Waals surface area contributed by atoms with Crippen molar-refractivity contribution in [1.29, 1.82) is 0 Å². The molecule has 6 nitrogen and oxygen atoms in total. The first-order valence-electron chi connectivity index (χ1n) is 7.45. The molecule has 1 heterocycles. The van der Waals surface area contributed by atoms with E-state index < -0.39 is 15.8 Å². The third-order valence-corrected chi connectivity index (χ3v) is 5.68. The van der Waals surface area contributed by atoms with Crippen molar-refractivity contribution in [3.63, 3.8) is 0 Å². The number of sulfonamides is 1. The van der Waals surface area contributed by atoms with Gasteiger partial charge in [0.2, 0.25) is 10.0 Å². The maximum atomic E-state index is 13.9. The number of nitrogens with zero attached hydrogens (tertiary/aromatic N) is 1. The van der Waals surface area contributed by atoms with E-state index in [0.29, 0.717) is 19.6 Å². The lowest BCUT2D eigenvalue weighted by Gasteiger charge is -2.36. The lowest BCUT2D eigenvalue weighted by atomic mass is 9.98. The van der Waals surface area contributed by atoms with Gasteiger partial charge in [0, 0.05) is 26.8 Å². The number of benzene rings is 1. The number of hydrogen-bond acceptors (Lipinski definition) is 5. The number of ether oxygens (including phenoxy) is 2. The summed E-state index contributed by atoms with van der Waals surface area (Å²) >= 11 is 0. The van der Waals surface area contributed by atoms with Crippen molar-refractivity contribution in [3.05, 3.63) is 30.1 Å². The molecule has 23 heavy (non-hydrogen) atoms. The standard InChI is InChI=1S/C15H22FNO5S/c1-21-6-7-22-13-8-12(11-18)9-17(10-13)23(19,20)15-5-3-2-4-14(15)16/h2-5,12-13,18H,6-11H2,1H3. The molecular formula is C15H22FNO5S. The van der Waals surface area contributed by atoms with Gasteiger partial charge in [-0.3, -0.25) is 0 Å².